The first-order valence-corrected chi connectivity index (χ1v) is 21.6. The van der Waals surface area contributed by atoms with E-state index in [4.69, 9.17) is 37.9 Å². The van der Waals surface area contributed by atoms with Crippen molar-refractivity contribution in [2.24, 2.45) is 11.8 Å². The molecule has 2 heterocycles. The van der Waals surface area contributed by atoms with Gasteiger partial charge in [0.15, 0.2) is 0 Å². The molecule has 4 aliphatic rings. The molecule has 2 saturated heterocycles. The predicted octanol–water partition coefficient (Wildman–Crippen LogP) is 9.76. The van der Waals surface area contributed by atoms with Crippen LogP contribution >= 0.6 is 0 Å². The zero-order chi connectivity index (χ0) is 41.0. The fraction of sp³-hybridized carbons (Fsp3) is 0.574. The smallest absolute Gasteiger partial charge is 0.346 e. The van der Waals surface area contributed by atoms with E-state index in [1.807, 2.05) is 0 Å². The Morgan fingerprint density at radius 2 is 1.03 bits per heavy atom. The zero-order valence-corrected chi connectivity index (χ0v) is 34.1. The highest BCUT2D eigenvalue weighted by molar-refractivity contribution is 5.92. The maximum Gasteiger partial charge on any atom is 0.346 e. The van der Waals surface area contributed by atoms with E-state index in [2.05, 4.69) is 0 Å². The predicted molar refractivity (Wildman–Crippen MR) is 215 cm³/mol. The number of esters is 2. The first-order valence-electron chi connectivity index (χ1n) is 21.6. The highest BCUT2D eigenvalue weighted by Crippen LogP contribution is 2.40. The molecule has 2 saturated carbocycles. The van der Waals surface area contributed by atoms with Gasteiger partial charge in [0.2, 0.25) is 0 Å². The van der Waals surface area contributed by atoms with Gasteiger partial charge >= 0.3 is 11.9 Å². The van der Waals surface area contributed by atoms with Crippen molar-refractivity contribution in [2.75, 3.05) is 39.6 Å². The molecule has 12 heteroatoms. The Morgan fingerprint density at radius 3 is 1.51 bits per heavy atom. The van der Waals surface area contributed by atoms with Crippen molar-refractivity contribution in [3.63, 3.8) is 0 Å². The standard InChI is InChI=1S/C47H58F2O10/c1-31-24-36(56-46(50)37-15-12-34(27-39(37)48)54-22-8-4-2-6-20-52-29-32-10-17-42-44(25-32)57-42)14-19-41(31)59-47(51)38-16-13-35(28-40(38)49)55-23-9-5-3-7-21-53-30-33-11-18-43-45(26-33)58-43/h12-16,19,24,27-28,32-33,42-45H,2-11,17-18,20-23,25-26,29-30H2,1H3. The lowest BCUT2D eigenvalue weighted by Crippen LogP contribution is -2.18. The third-order valence-electron chi connectivity index (χ3n) is 11.7. The third kappa shape index (κ3) is 13.2. The minimum atomic E-state index is -0.888. The average Bonchev–Trinajstić information content (AvgIpc) is 4.16. The summed E-state index contributed by atoms with van der Waals surface area (Å²) in [5.41, 5.74) is -0.0380. The van der Waals surface area contributed by atoms with Crippen LogP contribution in [0, 0.1) is 30.4 Å². The van der Waals surface area contributed by atoms with E-state index >= 15 is 0 Å². The van der Waals surface area contributed by atoms with Crippen LogP contribution in [-0.4, -0.2) is 76.0 Å². The first-order chi connectivity index (χ1) is 28.8. The van der Waals surface area contributed by atoms with E-state index in [-0.39, 0.29) is 22.6 Å². The van der Waals surface area contributed by atoms with Crippen LogP contribution in [0.1, 0.15) is 116 Å². The molecule has 6 unspecified atom stereocenters. The number of hydrogen-bond acceptors (Lipinski definition) is 10. The van der Waals surface area contributed by atoms with E-state index in [1.54, 1.807) is 6.92 Å². The summed E-state index contributed by atoms with van der Waals surface area (Å²) in [7, 11) is 0. The lowest BCUT2D eigenvalue weighted by atomic mass is 9.90. The summed E-state index contributed by atoms with van der Waals surface area (Å²) >= 11 is 0. The van der Waals surface area contributed by atoms with E-state index < -0.39 is 23.6 Å². The van der Waals surface area contributed by atoms with E-state index in [1.165, 1.54) is 80.3 Å². The highest BCUT2D eigenvalue weighted by Gasteiger charge is 2.44. The third-order valence-corrected chi connectivity index (χ3v) is 11.7. The van der Waals surface area contributed by atoms with Gasteiger partial charge in [-0.2, -0.15) is 0 Å². The van der Waals surface area contributed by atoms with Crippen molar-refractivity contribution in [1.82, 2.24) is 0 Å². The maximum atomic E-state index is 14.9. The van der Waals surface area contributed by atoms with Crippen LogP contribution in [0.2, 0.25) is 0 Å². The van der Waals surface area contributed by atoms with Gasteiger partial charge in [0, 0.05) is 38.6 Å². The molecule has 4 fully saturated rings. The van der Waals surface area contributed by atoms with Gasteiger partial charge in [-0.1, -0.05) is 12.8 Å². The molecule has 0 aromatic heterocycles. The number of carbonyl (C=O) groups excluding carboxylic acids is 2. The lowest BCUT2D eigenvalue weighted by molar-refractivity contribution is 0.0713. The molecule has 2 aliphatic heterocycles. The number of epoxide rings is 2. The summed E-state index contributed by atoms with van der Waals surface area (Å²) in [5.74, 6) is -1.10. The number of unbranched alkanes of at least 4 members (excludes halogenated alkanes) is 6. The van der Waals surface area contributed by atoms with Crippen molar-refractivity contribution < 1.29 is 56.3 Å². The van der Waals surface area contributed by atoms with Crippen LogP contribution in [0.3, 0.4) is 0 Å². The molecular weight excluding hydrogens is 763 g/mol. The molecular formula is C47H58F2O10. The van der Waals surface area contributed by atoms with Gasteiger partial charge in [-0.15, -0.1) is 0 Å². The number of carbonyl (C=O) groups is 2. The Kier molecular flexibility index (Phi) is 15.6. The summed E-state index contributed by atoms with van der Waals surface area (Å²) in [6, 6.07) is 12.4. The number of hydrogen-bond donors (Lipinski definition) is 0. The second kappa shape index (κ2) is 21.4. The average molecular weight is 821 g/mol. The van der Waals surface area contributed by atoms with Gasteiger partial charge in [0.25, 0.3) is 0 Å². The first kappa shape index (κ1) is 43.0. The minimum Gasteiger partial charge on any atom is -0.493 e. The quantitative estimate of drug-likeness (QED) is 0.0375. The SMILES string of the molecule is Cc1cc(OC(=O)c2ccc(OCCCCCCOCC3CCC4OC4C3)cc2F)ccc1OC(=O)c1ccc(OCCCCCCOCC2CCC3OC3C2)cc1F. The van der Waals surface area contributed by atoms with Gasteiger partial charge in [-0.05, 0) is 144 Å². The van der Waals surface area contributed by atoms with Crippen molar-refractivity contribution in [3.05, 3.63) is 82.9 Å². The highest BCUT2D eigenvalue weighted by atomic mass is 19.1. The van der Waals surface area contributed by atoms with E-state index in [0.717, 1.165) is 90.6 Å². The normalized spacial score (nSPS) is 22.8. The number of aryl methyl sites for hydroxylation is 1. The van der Waals surface area contributed by atoms with Crippen LogP contribution in [0.25, 0.3) is 0 Å². The molecule has 0 spiro atoms. The number of rotatable bonds is 24. The van der Waals surface area contributed by atoms with Gasteiger partial charge in [0.1, 0.15) is 34.6 Å². The van der Waals surface area contributed by atoms with Crippen LogP contribution < -0.4 is 18.9 Å². The summed E-state index contributed by atoms with van der Waals surface area (Å²) in [5, 5.41) is 0. The van der Waals surface area contributed by atoms with Gasteiger partial charge in [0.05, 0.1) is 48.8 Å². The Balaban J connectivity index is 0.748. The summed E-state index contributed by atoms with van der Waals surface area (Å²) in [6.07, 6.45) is 16.7. The Bertz CT molecular complexity index is 1850. The molecule has 10 nitrogen and oxygen atoms in total. The molecule has 3 aromatic rings. The lowest BCUT2D eigenvalue weighted by Gasteiger charge is -2.18. The molecule has 0 bridgehead atoms. The van der Waals surface area contributed by atoms with Crippen LogP contribution in [0.15, 0.2) is 54.6 Å². The van der Waals surface area contributed by atoms with E-state index in [0.29, 0.717) is 66.5 Å². The van der Waals surface area contributed by atoms with Gasteiger partial charge in [-0.25, -0.2) is 18.4 Å². The van der Waals surface area contributed by atoms with Crippen molar-refractivity contribution in [3.8, 4) is 23.0 Å². The largest absolute Gasteiger partial charge is 0.493 e. The second-order valence-corrected chi connectivity index (χ2v) is 16.4. The summed E-state index contributed by atoms with van der Waals surface area (Å²) < 4.78 is 75.0. The minimum absolute atomic E-state index is 0.125. The number of benzene rings is 3. The molecule has 3 aromatic carbocycles. The fourth-order valence-electron chi connectivity index (χ4n) is 8.09. The van der Waals surface area contributed by atoms with Gasteiger partial charge < -0.3 is 37.9 Å². The Labute approximate surface area is 346 Å². The van der Waals surface area contributed by atoms with Crippen molar-refractivity contribution in [1.29, 1.82) is 0 Å². The monoisotopic (exact) mass is 820 g/mol. The summed E-state index contributed by atoms with van der Waals surface area (Å²) in [6.45, 7) is 5.68. The maximum absolute atomic E-state index is 14.9. The topological polar surface area (TPSA) is 115 Å². The fourth-order valence-corrected chi connectivity index (χ4v) is 8.09. The van der Waals surface area contributed by atoms with E-state index in [9.17, 15) is 18.4 Å². The molecule has 7 rings (SSSR count). The molecule has 320 valence electrons. The molecule has 0 amide bonds. The number of ether oxygens (including phenoxy) is 8. The number of halogens is 2. The Hall–Kier alpha value is -4.10. The molecule has 0 N–H and O–H groups in total. The number of fused-ring (bicyclic) bond motifs is 2. The second-order valence-electron chi connectivity index (χ2n) is 16.4. The van der Waals surface area contributed by atoms with Crippen molar-refractivity contribution >= 4 is 11.9 Å². The molecule has 2 aliphatic carbocycles. The zero-order valence-electron chi connectivity index (χ0n) is 34.1. The van der Waals surface area contributed by atoms with Crippen LogP contribution in [0.5, 0.6) is 23.0 Å². The Morgan fingerprint density at radius 1 is 0.559 bits per heavy atom. The van der Waals surface area contributed by atoms with Crippen molar-refractivity contribution in [2.45, 2.75) is 121 Å². The summed E-state index contributed by atoms with van der Waals surface area (Å²) in [4.78, 5) is 25.7. The molecule has 0 radical (unpaired) electrons. The molecule has 6 atom stereocenters. The molecule has 59 heavy (non-hydrogen) atoms. The van der Waals surface area contributed by atoms with Crippen LogP contribution in [-0.2, 0) is 18.9 Å². The van der Waals surface area contributed by atoms with Gasteiger partial charge in [-0.3, -0.25) is 0 Å². The van der Waals surface area contributed by atoms with Crippen LogP contribution in [0.4, 0.5) is 8.78 Å².